The maximum absolute atomic E-state index is 14.6. The van der Waals surface area contributed by atoms with Crippen molar-refractivity contribution in [2.45, 2.75) is 18.4 Å². The molecule has 0 saturated carbocycles. The van der Waals surface area contributed by atoms with Gasteiger partial charge in [-0.15, -0.1) is 0 Å². The minimum atomic E-state index is -2.11. The van der Waals surface area contributed by atoms with Gasteiger partial charge in [0, 0.05) is 10.0 Å². The summed E-state index contributed by atoms with van der Waals surface area (Å²) in [6.45, 7) is -0.731. The summed E-state index contributed by atoms with van der Waals surface area (Å²) < 4.78 is 24.7. The molecule has 12 heteroatoms. The van der Waals surface area contributed by atoms with Crippen molar-refractivity contribution in [2.75, 3.05) is 13.7 Å². The number of carbonyl (C=O) groups is 2. The first kappa shape index (κ1) is 26.2. The van der Waals surface area contributed by atoms with Crippen LogP contribution in [0.15, 0.2) is 41.6 Å². The van der Waals surface area contributed by atoms with Crippen molar-refractivity contribution in [3.63, 3.8) is 0 Å². The zero-order valence-corrected chi connectivity index (χ0v) is 19.3. The van der Waals surface area contributed by atoms with Crippen molar-refractivity contribution >= 4 is 64.6 Å². The number of aliphatic hydroxyl groups excluding tert-OH is 1. The number of alkyl halides is 1. The van der Waals surface area contributed by atoms with E-state index >= 15 is 0 Å². The van der Waals surface area contributed by atoms with Crippen LogP contribution in [0.5, 0.6) is 0 Å². The second-order valence-electron chi connectivity index (χ2n) is 6.17. The fourth-order valence-electron chi connectivity index (χ4n) is 2.39. The van der Waals surface area contributed by atoms with Crippen LogP contribution in [-0.4, -0.2) is 55.4 Å². The van der Waals surface area contributed by atoms with Crippen molar-refractivity contribution in [3.05, 3.63) is 67.6 Å². The first-order valence-corrected chi connectivity index (χ1v) is 10.3. The van der Waals surface area contributed by atoms with Gasteiger partial charge in [0.1, 0.15) is 19.8 Å². The second-order valence-corrected chi connectivity index (χ2v) is 7.85. The average Bonchev–Trinajstić information content (AvgIpc) is 2.73. The molecule has 0 aliphatic rings. The van der Waals surface area contributed by atoms with Crippen molar-refractivity contribution < 1.29 is 33.4 Å². The van der Waals surface area contributed by atoms with Gasteiger partial charge in [0.15, 0.2) is 12.3 Å². The Bertz CT molecular complexity index is 1010. The lowest BCUT2D eigenvalue weighted by atomic mass is 10.1. The number of hydrogen-bond acceptors (Lipinski definition) is 7. The van der Waals surface area contributed by atoms with Gasteiger partial charge in [-0.05, 0) is 36.4 Å². The lowest BCUT2D eigenvalue weighted by Crippen LogP contribution is -2.43. The molecule has 0 unspecified atom stereocenters. The van der Waals surface area contributed by atoms with Crippen molar-refractivity contribution in [2.24, 2.45) is 5.16 Å². The molecule has 7 nitrogen and oxygen atoms in total. The van der Waals surface area contributed by atoms with E-state index in [2.05, 4.69) is 9.99 Å². The molecule has 2 rings (SSSR count). The maximum Gasteiger partial charge on any atom is 0.340 e. The third-order valence-corrected chi connectivity index (χ3v) is 5.03. The smallest absolute Gasteiger partial charge is 0.340 e. The summed E-state index contributed by atoms with van der Waals surface area (Å²) in [7, 11) is 1.17. The highest BCUT2D eigenvalue weighted by Crippen LogP contribution is 2.24. The largest absolute Gasteiger partial charge is 0.459 e. The highest BCUT2D eigenvalue weighted by Gasteiger charge is 2.33. The minimum Gasteiger partial charge on any atom is -0.459 e. The van der Waals surface area contributed by atoms with E-state index in [-0.39, 0.29) is 26.2 Å². The molecule has 0 aromatic heterocycles. The summed E-state index contributed by atoms with van der Waals surface area (Å²) in [6, 6.07) is 8.02. The highest BCUT2D eigenvalue weighted by molar-refractivity contribution is 6.37. The second kappa shape index (κ2) is 12.2. The van der Waals surface area contributed by atoms with Crippen molar-refractivity contribution in [3.8, 4) is 0 Å². The van der Waals surface area contributed by atoms with Crippen LogP contribution in [0, 0.1) is 0 Å². The Kier molecular flexibility index (Phi) is 9.99. The number of rotatable bonds is 9. The monoisotopic (exact) mass is 525 g/mol. The third-order valence-electron chi connectivity index (χ3n) is 3.93. The van der Waals surface area contributed by atoms with Crippen LogP contribution in [0.3, 0.4) is 0 Å². The molecule has 172 valence electrons. The van der Waals surface area contributed by atoms with Gasteiger partial charge in [-0.25, -0.2) is 14.0 Å². The predicted octanol–water partition coefficient (Wildman–Crippen LogP) is 5.01. The van der Waals surface area contributed by atoms with Crippen molar-refractivity contribution in [1.29, 1.82) is 0 Å². The normalized spacial score (nSPS) is 14.0. The van der Waals surface area contributed by atoms with E-state index in [9.17, 15) is 19.1 Å². The fourth-order valence-corrected chi connectivity index (χ4v) is 3.36. The predicted molar refractivity (Wildman–Crippen MR) is 119 cm³/mol. The number of benzene rings is 2. The number of esters is 2. The summed E-state index contributed by atoms with van der Waals surface area (Å²) in [5.41, 5.74) is -0.142. The molecule has 1 N–H and O–H groups in total. The van der Waals surface area contributed by atoms with E-state index in [0.29, 0.717) is 11.2 Å². The van der Waals surface area contributed by atoms with Gasteiger partial charge in [0.2, 0.25) is 0 Å². The van der Waals surface area contributed by atoms with E-state index in [1.54, 1.807) is 0 Å². The zero-order chi connectivity index (χ0) is 23.8. The quantitative estimate of drug-likeness (QED) is 0.280. The lowest BCUT2D eigenvalue weighted by molar-refractivity contribution is -0.0594. The van der Waals surface area contributed by atoms with Crippen molar-refractivity contribution in [1.82, 2.24) is 0 Å². The molecule has 0 fully saturated rings. The van der Waals surface area contributed by atoms with E-state index < -0.39 is 36.9 Å². The SMILES string of the molecule is CO/N=C/[C@@H](F)[C@H](OC(=O)c1ccc(Cl)cc1Cl)[C@H](O)COC(=O)c1ccc(Cl)cc1Cl. The molecule has 32 heavy (non-hydrogen) atoms. The molecule has 0 spiro atoms. The van der Waals surface area contributed by atoms with Crippen LogP contribution >= 0.6 is 46.4 Å². The summed E-state index contributed by atoms with van der Waals surface area (Å²) in [6.07, 6.45) is -5.04. The van der Waals surface area contributed by atoms with E-state index in [1.807, 2.05) is 0 Å². The first-order valence-electron chi connectivity index (χ1n) is 8.81. The van der Waals surface area contributed by atoms with Gasteiger partial charge in [-0.2, -0.15) is 0 Å². The van der Waals surface area contributed by atoms with Gasteiger partial charge in [0.05, 0.1) is 27.4 Å². The van der Waals surface area contributed by atoms with E-state index in [4.69, 9.17) is 55.9 Å². The fraction of sp³-hybridized carbons (Fsp3) is 0.250. The van der Waals surface area contributed by atoms with Crippen LogP contribution in [0.2, 0.25) is 20.1 Å². The maximum atomic E-state index is 14.6. The Hall–Kier alpha value is -2.10. The molecule has 2 aromatic carbocycles. The Balaban J connectivity index is 2.15. The molecule has 0 aliphatic heterocycles. The van der Waals surface area contributed by atoms with Crippen LogP contribution in [0.25, 0.3) is 0 Å². The topological polar surface area (TPSA) is 94.4 Å². The highest BCUT2D eigenvalue weighted by atomic mass is 35.5. The molecule has 0 bridgehead atoms. The summed E-state index contributed by atoms with van der Waals surface area (Å²) >= 11 is 23.5. The molecule has 0 heterocycles. The number of halogens is 5. The minimum absolute atomic E-state index is 0.0212. The summed E-state index contributed by atoms with van der Waals surface area (Å²) in [5.74, 6) is -1.95. The Morgan fingerprint density at radius 3 is 2.06 bits per heavy atom. The van der Waals surface area contributed by atoms with E-state index in [0.717, 1.165) is 0 Å². The molecule has 0 radical (unpaired) electrons. The molecule has 2 aromatic rings. The lowest BCUT2D eigenvalue weighted by Gasteiger charge is -2.24. The van der Waals surface area contributed by atoms with Crippen LogP contribution in [0.4, 0.5) is 4.39 Å². The van der Waals surface area contributed by atoms with Crippen LogP contribution < -0.4 is 0 Å². The Labute approximate surface area is 202 Å². The summed E-state index contributed by atoms with van der Waals surface area (Å²) in [5, 5.41) is 14.2. The number of oxime groups is 1. The zero-order valence-electron chi connectivity index (χ0n) is 16.3. The first-order chi connectivity index (χ1) is 15.1. The molecule has 3 atom stereocenters. The average molecular weight is 527 g/mol. The van der Waals surface area contributed by atoms with Gasteiger partial charge in [-0.3, -0.25) is 0 Å². The third kappa shape index (κ3) is 7.21. The summed E-state index contributed by atoms with van der Waals surface area (Å²) in [4.78, 5) is 29.1. The number of ether oxygens (including phenoxy) is 2. The molecule has 0 saturated heterocycles. The molecular weight excluding hydrogens is 511 g/mol. The van der Waals surface area contributed by atoms with Gasteiger partial charge >= 0.3 is 11.9 Å². The molecule has 0 amide bonds. The van der Waals surface area contributed by atoms with Crippen LogP contribution in [0.1, 0.15) is 20.7 Å². The molecule has 0 aliphatic carbocycles. The number of hydrogen-bond donors (Lipinski definition) is 1. The molecular formula is C20H16Cl4FNO6. The number of nitrogens with zero attached hydrogens (tertiary/aromatic N) is 1. The van der Waals surface area contributed by atoms with Crippen LogP contribution in [-0.2, 0) is 14.3 Å². The Morgan fingerprint density at radius 1 is 1.03 bits per heavy atom. The van der Waals surface area contributed by atoms with E-state index in [1.165, 1.54) is 43.5 Å². The number of aliphatic hydroxyl groups is 1. The van der Waals surface area contributed by atoms with Gasteiger partial charge < -0.3 is 19.4 Å². The number of carbonyl (C=O) groups excluding carboxylic acids is 2. The van der Waals surface area contributed by atoms with Gasteiger partial charge in [0.25, 0.3) is 0 Å². The standard InChI is InChI=1S/C20H16Cl4FNO6/c1-30-26-8-16(25)18(32-20(29)13-5-3-11(22)7-15(13)24)17(27)9-31-19(28)12-4-2-10(21)6-14(12)23/h2-8,16-18,27H,9H2,1H3/b26-8+/t16-,17-,18+/m1/s1. The van der Waals surface area contributed by atoms with Gasteiger partial charge in [-0.1, -0.05) is 51.6 Å². The Morgan fingerprint density at radius 2 is 1.56 bits per heavy atom.